The SMILES string of the molecule is O=C(O)N1CCN(C(C#Cc2cccc(Cl)c2)c2ccco2)CC1CC(F)(F)F. The van der Waals surface area contributed by atoms with Gasteiger partial charge in [0.25, 0.3) is 0 Å². The molecule has 1 amide bonds. The van der Waals surface area contributed by atoms with Gasteiger partial charge in [0.05, 0.1) is 18.7 Å². The van der Waals surface area contributed by atoms with Crippen molar-refractivity contribution in [3.05, 3.63) is 59.0 Å². The summed E-state index contributed by atoms with van der Waals surface area (Å²) in [4.78, 5) is 13.9. The number of carbonyl (C=O) groups is 1. The zero-order valence-corrected chi connectivity index (χ0v) is 16.0. The van der Waals surface area contributed by atoms with Crippen LogP contribution in [0.25, 0.3) is 0 Å². The van der Waals surface area contributed by atoms with E-state index >= 15 is 0 Å². The van der Waals surface area contributed by atoms with Crippen LogP contribution in [-0.4, -0.2) is 52.9 Å². The predicted octanol–water partition coefficient (Wildman–Crippen LogP) is 4.64. The van der Waals surface area contributed by atoms with Gasteiger partial charge >= 0.3 is 12.3 Å². The van der Waals surface area contributed by atoms with E-state index in [-0.39, 0.29) is 19.6 Å². The Morgan fingerprint density at radius 1 is 1.31 bits per heavy atom. The zero-order valence-electron chi connectivity index (χ0n) is 15.2. The number of amides is 1. The second-order valence-electron chi connectivity index (χ2n) is 6.64. The van der Waals surface area contributed by atoms with Gasteiger partial charge in [-0.15, -0.1) is 0 Å². The summed E-state index contributed by atoms with van der Waals surface area (Å²) in [6.45, 7) is 0.0732. The van der Waals surface area contributed by atoms with E-state index in [4.69, 9.17) is 16.0 Å². The van der Waals surface area contributed by atoms with Crippen molar-refractivity contribution in [3.63, 3.8) is 0 Å². The monoisotopic (exact) mass is 426 g/mol. The largest absolute Gasteiger partial charge is 0.467 e. The Kier molecular flexibility index (Phi) is 6.40. The average Bonchev–Trinajstić information content (AvgIpc) is 3.15. The molecule has 29 heavy (non-hydrogen) atoms. The lowest BCUT2D eigenvalue weighted by Crippen LogP contribution is -2.56. The highest BCUT2D eigenvalue weighted by Gasteiger charge is 2.41. The maximum atomic E-state index is 13.0. The van der Waals surface area contributed by atoms with Crippen molar-refractivity contribution in [2.24, 2.45) is 0 Å². The molecule has 0 radical (unpaired) electrons. The maximum absolute atomic E-state index is 13.0. The van der Waals surface area contributed by atoms with Crippen LogP contribution >= 0.6 is 11.6 Å². The van der Waals surface area contributed by atoms with E-state index in [0.29, 0.717) is 16.3 Å². The van der Waals surface area contributed by atoms with Crippen molar-refractivity contribution >= 4 is 17.7 Å². The molecule has 154 valence electrons. The van der Waals surface area contributed by atoms with Gasteiger partial charge in [-0.05, 0) is 30.3 Å². The van der Waals surface area contributed by atoms with Gasteiger partial charge in [0.1, 0.15) is 11.8 Å². The molecular formula is C20H18ClF3N2O3. The van der Waals surface area contributed by atoms with Gasteiger partial charge < -0.3 is 14.4 Å². The zero-order chi connectivity index (χ0) is 21.0. The number of carboxylic acid groups (broad SMARTS) is 1. The summed E-state index contributed by atoms with van der Waals surface area (Å²) in [6, 6.07) is 8.45. The molecule has 1 aliphatic heterocycles. The second-order valence-corrected chi connectivity index (χ2v) is 7.08. The number of furan rings is 1. The fourth-order valence-electron chi connectivity index (χ4n) is 3.31. The Balaban J connectivity index is 1.87. The summed E-state index contributed by atoms with van der Waals surface area (Å²) in [5.41, 5.74) is 0.657. The molecule has 0 saturated carbocycles. The topological polar surface area (TPSA) is 56.9 Å². The lowest BCUT2D eigenvalue weighted by Gasteiger charge is -2.41. The molecule has 2 heterocycles. The van der Waals surface area contributed by atoms with Crippen molar-refractivity contribution in [2.45, 2.75) is 24.7 Å². The average molecular weight is 427 g/mol. The summed E-state index contributed by atoms with van der Waals surface area (Å²) in [7, 11) is 0. The minimum Gasteiger partial charge on any atom is -0.467 e. The van der Waals surface area contributed by atoms with Crippen molar-refractivity contribution in [1.29, 1.82) is 0 Å². The number of rotatable bonds is 3. The Labute approximate surface area is 170 Å². The minimum absolute atomic E-state index is 0.0495. The van der Waals surface area contributed by atoms with Crippen molar-refractivity contribution < 1.29 is 27.5 Å². The Bertz CT molecular complexity index is 906. The summed E-state index contributed by atoms with van der Waals surface area (Å²) in [6.07, 6.45) is -5.60. The maximum Gasteiger partial charge on any atom is 0.407 e. The smallest absolute Gasteiger partial charge is 0.407 e. The highest BCUT2D eigenvalue weighted by Crippen LogP contribution is 2.30. The normalized spacial score (nSPS) is 18.8. The van der Waals surface area contributed by atoms with Gasteiger partial charge in [-0.3, -0.25) is 4.90 Å². The van der Waals surface area contributed by atoms with Crippen LogP contribution < -0.4 is 0 Å². The third-order valence-electron chi connectivity index (χ3n) is 4.58. The molecule has 2 aromatic rings. The number of nitrogens with zero attached hydrogens (tertiary/aromatic N) is 2. The molecule has 0 spiro atoms. The van der Waals surface area contributed by atoms with Crippen molar-refractivity contribution in [3.8, 4) is 11.8 Å². The van der Waals surface area contributed by atoms with E-state index in [1.54, 1.807) is 41.3 Å². The van der Waals surface area contributed by atoms with E-state index < -0.39 is 30.8 Å². The molecule has 3 rings (SSSR count). The number of halogens is 4. The van der Waals surface area contributed by atoms with Gasteiger partial charge in [0, 0.05) is 30.2 Å². The minimum atomic E-state index is -4.48. The lowest BCUT2D eigenvalue weighted by atomic mass is 10.0. The van der Waals surface area contributed by atoms with Crippen molar-refractivity contribution in [2.75, 3.05) is 19.6 Å². The van der Waals surface area contributed by atoms with Gasteiger partial charge in [0.15, 0.2) is 0 Å². The van der Waals surface area contributed by atoms with Crippen LogP contribution in [0, 0.1) is 11.8 Å². The molecule has 2 unspecified atom stereocenters. The van der Waals surface area contributed by atoms with Gasteiger partial charge in [-0.1, -0.05) is 29.5 Å². The molecule has 1 aromatic heterocycles. The summed E-state index contributed by atoms with van der Waals surface area (Å²) in [5, 5.41) is 9.79. The van der Waals surface area contributed by atoms with E-state index in [0.717, 1.165) is 4.90 Å². The number of hydrogen-bond donors (Lipinski definition) is 1. The summed E-state index contributed by atoms with van der Waals surface area (Å²) >= 11 is 5.97. The van der Waals surface area contributed by atoms with Crippen LogP contribution in [0.15, 0.2) is 47.1 Å². The van der Waals surface area contributed by atoms with Crippen LogP contribution in [0.5, 0.6) is 0 Å². The molecule has 2 atom stereocenters. The first-order valence-corrected chi connectivity index (χ1v) is 9.21. The molecule has 5 nitrogen and oxygen atoms in total. The number of piperazine rings is 1. The van der Waals surface area contributed by atoms with E-state index in [1.807, 2.05) is 0 Å². The third kappa shape index (κ3) is 5.68. The Morgan fingerprint density at radius 2 is 2.10 bits per heavy atom. The fraction of sp³-hybridized carbons (Fsp3) is 0.350. The quantitative estimate of drug-likeness (QED) is 0.726. The number of benzene rings is 1. The van der Waals surface area contributed by atoms with Gasteiger partial charge in [-0.25, -0.2) is 4.79 Å². The van der Waals surface area contributed by atoms with Crippen LogP contribution in [0.3, 0.4) is 0 Å². The molecule has 0 bridgehead atoms. The first-order chi connectivity index (χ1) is 13.7. The molecule has 1 N–H and O–H groups in total. The van der Waals surface area contributed by atoms with Crippen LogP contribution in [-0.2, 0) is 0 Å². The molecule has 1 fully saturated rings. The van der Waals surface area contributed by atoms with Crippen LogP contribution in [0.2, 0.25) is 5.02 Å². The first kappa shape index (κ1) is 21.1. The molecule has 1 saturated heterocycles. The molecule has 9 heteroatoms. The lowest BCUT2D eigenvalue weighted by molar-refractivity contribution is -0.150. The third-order valence-corrected chi connectivity index (χ3v) is 4.82. The standard InChI is InChI=1S/C20H18ClF3N2O3/c21-15-4-1-3-14(11-15)6-7-17(18-5-2-10-29-18)25-8-9-26(19(27)28)16(13-25)12-20(22,23)24/h1-5,10-11,16-17H,8-9,12-13H2,(H,27,28). The Hall–Kier alpha value is -2.63. The van der Waals surface area contributed by atoms with Crippen molar-refractivity contribution in [1.82, 2.24) is 9.80 Å². The van der Waals surface area contributed by atoms with E-state index in [1.165, 1.54) is 6.26 Å². The number of alkyl halides is 3. The highest BCUT2D eigenvalue weighted by atomic mass is 35.5. The second kappa shape index (κ2) is 8.80. The van der Waals surface area contributed by atoms with Gasteiger partial charge in [0.2, 0.25) is 0 Å². The first-order valence-electron chi connectivity index (χ1n) is 8.84. The van der Waals surface area contributed by atoms with E-state index in [2.05, 4.69) is 11.8 Å². The highest BCUT2D eigenvalue weighted by molar-refractivity contribution is 6.30. The fourth-order valence-corrected chi connectivity index (χ4v) is 3.50. The van der Waals surface area contributed by atoms with Crippen LogP contribution in [0.4, 0.5) is 18.0 Å². The van der Waals surface area contributed by atoms with Gasteiger partial charge in [-0.2, -0.15) is 13.2 Å². The molecular weight excluding hydrogens is 409 g/mol. The molecule has 1 aliphatic rings. The summed E-state index contributed by atoms with van der Waals surface area (Å²) < 4.78 is 44.4. The van der Waals surface area contributed by atoms with E-state index in [9.17, 15) is 23.1 Å². The molecule has 0 aliphatic carbocycles. The predicted molar refractivity (Wildman–Crippen MR) is 101 cm³/mol. The Morgan fingerprint density at radius 3 is 2.72 bits per heavy atom. The molecule has 1 aromatic carbocycles. The number of hydrogen-bond acceptors (Lipinski definition) is 3. The van der Waals surface area contributed by atoms with Crippen LogP contribution in [0.1, 0.15) is 23.8 Å². The summed E-state index contributed by atoms with van der Waals surface area (Å²) in [5.74, 6) is 6.50.